The van der Waals surface area contributed by atoms with Crippen molar-refractivity contribution in [2.75, 3.05) is 57.8 Å². The number of methoxy groups -OCH3 is 3. The summed E-state index contributed by atoms with van der Waals surface area (Å²) in [5, 5.41) is 2.82. The molecule has 174 valence electrons. The van der Waals surface area contributed by atoms with Gasteiger partial charge in [0.2, 0.25) is 0 Å². The van der Waals surface area contributed by atoms with E-state index in [1.54, 1.807) is 51.8 Å². The Bertz CT molecular complexity index is 1060. The first kappa shape index (κ1) is 22.5. The zero-order valence-electron chi connectivity index (χ0n) is 18.9. The van der Waals surface area contributed by atoms with E-state index in [0.717, 1.165) is 24.5 Å². The van der Waals surface area contributed by atoms with Gasteiger partial charge in [0.25, 0.3) is 5.91 Å². The number of carbonyl (C=O) groups is 1. The van der Waals surface area contributed by atoms with Crippen molar-refractivity contribution in [1.82, 2.24) is 4.98 Å². The SMILES string of the molecule is COc1cc(OC)c(Cc2ccc(C(=O)Nc3ccc(N4CCOCC4)nc3)o2)c(OC)c1. The summed E-state index contributed by atoms with van der Waals surface area (Å²) in [7, 11) is 4.74. The van der Waals surface area contributed by atoms with E-state index in [0.29, 0.717) is 48.3 Å². The summed E-state index contributed by atoms with van der Waals surface area (Å²) in [4.78, 5) is 19.3. The Balaban J connectivity index is 1.44. The maximum absolute atomic E-state index is 12.7. The Labute approximate surface area is 192 Å². The Morgan fingerprint density at radius 1 is 1.03 bits per heavy atom. The lowest BCUT2D eigenvalue weighted by Crippen LogP contribution is -2.36. The number of benzene rings is 1. The second kappa shape index (κ2) is 10.3. The molecule has 9 heteroatoms. The summed E-state index contributed by atoms with van der Waals surface area (Å²) in [5.74, 6) is 3.16. The molecule has 0 unspecified atom stereocenters. The van der Waals surface area contributed by atoms with Crippen LogP contribution < -0.4 is 24.4 Å². The zero-order valence-corrected chi connectivity index (χ0v) is 18.9. The van der Waals surface area contributed by atoms with E-state index in [2.05, 4.69) is 15.2 Å². The van der Waals surface area contributed by atoms with E-state index in [1.165, 1.54) is 0 Å². The molecule has 0 radical (unpaired) electrons. The van der Waals surface area contributed by atoms with E-state index in [1.807, 2.05) is 12.1 Å². The molecule has 0 aliphatic carbocycles. The van der Waals surface area contributed by atoms with Gasteiger partial charge in [-0.3, -0.25) is 4.79 Å². The molecule has 1 amide bonds. The molecule has 33 heavy (non-hydrogen) atoms. The number of hydrogen-bond acceptors (Lipinski definition) is 8. The summed E-state index contributed by atoms with van der Waals surface area (Å²) in [6, 6.07) is 10.7. The summed E-state index contributed by atoms with van der Waals surface area (Å²) >= 11 is 0. The van der Waals surface area contributed by atoms with Crippen molar-refractivity contribution < 1.29 is 28.2 Å². The Hall–Kier alpha value is -3.72. The molecule has 1 aliphatic heterocycles. The first-order valence-corrected chi connectivity index (χ1v) is 10.6. The van der Waals surface area contributed by atoms with Crippen LogP contribution in [0.2, 0.25) is 0 Å². The third-order valence-corrected chi connectivity index (χ3v) is 5.39. The lowest BCUT2D eigenvalue weighted by Gasteiger charge is -2.27. The molecule has 3 heterocycles. The number of carbonyl (C=O) groups excluding carboxylic acids is 1. The van der Waals surface area contributed by atoms with Crippen molar-refractivity contribution in [3.8, 4) is 17.2 Å². The lowest BCUT2D eigenvalue weighted by atomic mass is 10.1. The molecule has 1 N–H and O–H groups in total. The van der Waals surface area contributed by atoms with Crippen LogP contribution in [0.15, 0.2) is 47.0 Å². The van der Waals surface area contributed by atoms with Gasteiger partial charge >= 0.3 is 0 Å². The van der Waals surface area contributed by atoms with Crippen molar-refractivity contribution >= 4 is 17.4 Å². The fraction of sp³-hybridized carbons (Fsp3) is 0.333. The van der Waals surface area contributed by atoms with E-state index < -0.39 is 0 Å². The molecule has 3 aromatic rings. The topological polar surface area (TPSA) is 95.3 Å². The zero-order chi connectivity index (χ0) is 23.2. The highest BCUT2D eigenvalue weighted by Gasteiger charge is 2.18. The molecule has 0 saturated carbocycles. The summed E-state index contributed by atoms with van der Waals surface area (Å²) in [6.07, 6.45) is 2.03. The number of morpholine rings is 1. The van der Waals surface area contributed by atoms with E-state index in [-0.39, 0.29) is 11.7 Å². The highest BCUT2D eigenvalue weighted by molar-refractivity contribution is 6.02. The normalized spacial score (nSPS) is 13.5. The summed E-state index contributed by atoms with van der Waals surface area (Å²) in [5.41, 5.74) is 1.39. The van der Waals surface area contributed by atoms with Gasteiger partial charge in [0, 0.05) is 37.2 Å². The third-order valence-electron chi connectivity index (χ3n) is 5.39. The van der Waals surface area contributed by atoms with E-state index in [9.17, 15) is 4.79 Å². The molecule has 0 atom stereocenters. The van der Waals surface area contributed by atoms with Gasteiger partial charge in [0.05, 0.1) is 46.4 Å². The minimum atomic E-state index is -0.351. The molecule has 0 spiro atoms. The van der Waals surface area contributed by atoms with Crippen molar-refractivity contribution in [3.05, 3.63) is 59.7 Å². The Morgan fingerprint density at radius 3 is 2.36 bits per heavy atom. The van der Waals surface area contributed by atoms with Crippen LogP contribution in [0.5, 0.6) is 17.2 Å². The second-order valence-corrected chi connectivity index (χ2v) is 7.41. The fourth-order valence-corrected chi connectivity index (χ4v) is 3.65. The van der Waals surface area contributed by atoms with Gasteiger partial charge in [-0.25, -0.2) is 4.98 Å². The first-order chi connectivity index (χ1) is 16.1. The highest BCUT2D eigenvalue weighted by atomic mass is 16.5. The minimum Gasteiger partial charge on any atom is -0.496 e. The number of rotatable bonds is 8. The number of amides is 1. The standard InChI is InChI=1S/C24H27N3O6/c1-29-18-13-21(30-2)19(22(14-18)31-3)12-17-5-6-20(33-17)24(28)26-16-4-7-23(25-15-16)27-8-10-32-11-9-27/h4-7,13-15H,8-12H2,1-3H3,(H,26,28). The van der Waals surface area contributed by atoms with E-state index in [4.69, 9.17) is 23.4 Å². The number of ether oxygens (including phenoxy) is 4. The van der Waals surface area contributed by atoms with E-state index >= 15 is 0 Å². The second-order valence-electron chi connectivity index (χ2n) is 7.41. The number of hydrogen-bond donors (Lipinski definition) is 1. The van der Waals surface area contributed by atoms with Crippen LogP contribution in [0, 0.1) is 0 Å². The molecule has 1 saturated heterocycles. The minimum absolute atomic E-state index is 0.203. The molecule has 1 aromatic carbocycles. The van der Waals surface area contributed by atoms with Crippen LogP contribution >= 0.6 is 0 Å². The molecule has 0 bridgehead atoms. The van der Waals surface area contributed by atoms with Crippen LogP contribution in [0.25, 0.3) is 0 Å². The predicted molar refractivity (Wildman–Crippen MR) is 123 cm³/mol. The summed E-state index contributed by atoms with van der Waals surface area (Å²) < 4.78 is 27.4. The molecule has 9 nitrogen and oxygen atoms in total. The van der Waals surface area contributed by atoms with Gasteiger partial charge < -0.3 is 33.6 Å². The Kier molecular flexibility index (Phi) is 6.99. The van der Waals surface area contributed by atoms with Gasteiger partial charge in [-0.15, -0.1) is 0 Å². The van der Waals surface area contributed by atoms with Crippen LogP contribution in [0.4, 0.5) is 11.5 Å². The van der Waals surface area contributed by atoms with Gasteiger partial charge in [-0.1, -0.05) is 0 Å². The lowest BCUT2D eigenvalue weighted by molar-refractivity contribution is 0.0995. The quantitative estimate of drug-likeness (QED) is 0.555. The van der Waals surface area contributed by atoms with Gasteiger partial charge in [0.1, 0.15) is 28.8 Å². The number of nitrogens with one attached hydrogen (secondary N) is 1. The van der Waals surface area contributed by atoms with Crippen molar-refractivity contribution in [2.45, 2.75) is 6.42 Å². The monoisotopic (exact) mass is 453 g/mol. The molecular formula is C24H27N3O6. The van der Waals surface area contributed by atoms with Crippen LogP contribution in [0.1, 0.15) is 21.9 Å². The maximum Gasteiger partial charge on any atom is 0.291 e. The molecule has 4 rings (SSSR count). The van der Waals surface area contributed by atoms with Crippen molar-refractivity contribution in [2.24, 2.45) is 0 Å². The predicted octanol–water partition coefficient (Wildman–Crippen LogP) is 3.38. The number of aromatic nitrogens is 1. The van der Waals surface area contributed by atoms with Crippen molar-refractivity contribution in [1.29, 1.82) is 0 Å². The maximum atomic E-state index is 12.7. The number of pyridine rings is 1. The summed E-state index contributed by atoms with van der Waals surface area (Å²) in [6.45, 7) is 2.99. The van der Waals surface area contributed by atoms with Gasteiger partial charge in [-0.05, 0) is 24.3 Å². The molecular weight excluding hydrogens is 426 g/mol. The van der Waals surface area contributed by atoms with Crippen LogP contribution in [-0.2, 0) is 11.2 Å². The Morgan fingerprint density at radius 2 is 1.76 bits per heavy atom. The van der Waals surface area contributed by atoms with Crippen molar-refractivity contribution in [3.63, 3.8) is 0 Å². The molecule has 2 aromatic heterocycles. The van der Waals surface area contributed by atoms with Crippen LogP contribution in [0.3, 0.4) is 0 Å². The largest absolute Gasteiger partial charge is 0.496 e. The number of nitrogens with zero attached hydrogens (tertiary/aromatic N) is 2. The molecule has 1 fully saturated rings. The third kappa shape index (κ3) is 5.20. The highest BCUT2D eigenvalue weighted by Crippen LogP contribution is 2.36. The average Bonchev–Trinajstić information content (AvgIpc) is 3.34. The number of furan rings is 1. The van der Waals surface area contributed by atoms with Gasteiger partial charge in [0.15, 0.2) is 5.76 Å². The first-order valence-electron chi connectivity index (χ1n) is 10.6. The molecule has 1 aliphatic rings. The average molecular weight is 453 g/mol. The smallest absolute Gasteiger partial charge is 0.291 e. The van der Waals surface area contributed by atoms with Gasteiger partial charge in [-0.2, -0.15) is 0 Å². The van der Waals surface area contributed by atoms with Crippen LogP contribution in [-0.4, -0.2) is 58.5 Å². The fourth-order valence-electron chi connectivity index (χ4n) is 3.65. The number of anilines is 2.